The number of likely N-dealkylation sites (tertiary alicyclic amines) is 1. The summed E-state index contributed by atoms with van der Waals surface area (Å²) in [6, 6.07) is 2.64. The number of carbonyl (C=O) groups is 1. The number of hydrogen-bond donors (Lipinski definition) is 1. The van der Waals surface area contributed by atoms with Crippen LogP contribution in [0.3, 0.4) is 0 Å². The van der Waals surface area contributed by atoms with Gasteiger partial charge in [0.05, 0.1) is 8.66 Å². The van der Waals surface area contributed by atoms with Crippen LogP contribution in [0.2, 0.25) is 0 Å². The van der Waals surface area contributed by atoms with Gasteiger partial charge in [-0.1, -0.05) is 0 Å². The molecule has 2 atom stereocenters. The highest BCUT2D eigenvalue weighted by atomic mass is 79.9. The Morgan fingerprint density at radius 2 is 2.30 bits per heavy atom. The van der Waals surface area contributed by atoms with E-state index in [-0.39, 0.29) is 5.91 Å². The molecule has 110 valence electrons. The summed E-state index contributed by atoms with van der Waals surface area (Å²) in [5.74, 6) is 0.853. The molecule has 3 heterocycles. The van der Waals surface area contributed by atoms with Gasteiger partial charge < -0.3 is 10.2 Å². The molecule has 3 rings (SSSR count). The Kier molecular flexibility index (Phi) is 4.48. The van der Waals surface area contributed by atoms with Crippen LogP contribution in [0.1, 0.15) is 40.9 Å². The maximum Gasteiger partial charge on any atom is 0.263 e. The largest absolute Gasteiger partial charge is 0.338 e. The summed E-state index contributed by atoms with van der Waals surface area (Å²) in [5, 5.41) is 3.60. The molecule has 0 aliphatic carbocycles. The summed E-state index contributed by atoms with van der Waals surface area (Å²) in [7, 11) is 0. The smallest absolute Gasteiger partial charge is 0.263 e. The van der Waals surface area contributed by atoms with Crippen LogP contribution in [0.25, 0.3) is 0 Å². The van der Waals surface area contributed by atoms with E-state index in [4.69, 9.17) is 0 Å². The average Bonchev–Trinajstić information content (AvgIpc) is 3.09. The number of aryl methyl sites for hydroxylation is 1. The Labute approximate surface area is 132 Å². The fraction of sp³-hybridized carbons (Fsp3) is 0.667. The van der Waals surface area contributed by atoms with E-state index in [1.807, 2.05) is 13.0 Å². The van der Waals surface area contributed by atoms with E-state index in [0.717, 1.165) is 40.3 Å². The van der Waals surface area contributed by atoms with Crippen molar-refractivity contribution in [3.05, 3.63) is 20.3 Å². The molecule has 1 amide bonds. The number of nitrogens with one attached hydrogen (secondary N) is 1. The van der Waals surface area contributed by atoms with Crippen LogP contribution in [0, 0.1) is 12.8 Å². The minimum atomic E-state index is 0.214. The van der Waals surface area contributed by atoms with Crippen molar-refractivity contribution in [2.24, 2.45) is 5.92 Å². The predicted octanol–water partition coefficient (Wildman–Crippen LogP) is 3.42. The number of rotatable bonds is 2. The summed E-state index contributed by atoms with van der Waals surface area (Å²) >= 11 is 5.07. The molecule has 0 saturated carbocycles. The third-order valence-corrected chi connectivity index (χ3v) is 6.61. The number of thiophene rings is 1. The fourth-order valence-corrected chi connectivity index (χ4v) is 4.86. The van der Waals surface area contributed by atoms with Crippen LogP contribution in [-0.2, 0) is 0 Å². The summed E-state index contributed by atoms with van der Waals surface area (Å²) in [5.41, 5.74) is 1.16. The van der Waals surface area contributed by atoms with E-state index >= 15 is 0 Å². The molecule has 1 aromatic rings. The van der Waals surface area contributed by atoms with Crippen LogP contribution < -0.4 is 5.32 Å². The number of carbonyl (C=O) groups excluding carboxylic acids is 1. The molecular formula is C15H21BrN2OS. The van der Waals surface area contributed by atoms with Crippen LogP contribution in [0.4, 0.5) is 0 Å². The minimum Gasteiger partial charge on any atom is -0.338 e. The van der Waals surface area contributed by atoms with Gasteiger partial charge in [-0.15, -0.1) is 11.3 Å². The highest BCUT2D eigenvalue weighted by Crippen LogP contribution is 2.30. The van der Waals surface area contributed by atoms with Gasteiger partial charge in [0.25, 0.3) is 5.91 Å². The van der Waals surface area contributed by atoms with E-state index in [9.17, 15) is 4.79 Å². The zero-order valence-corrected chi connectivity index (χ0v) is 14.2. The van der Waals surface area contributed by atoms with E-state index in [0.29, 0.717) is 12.0 Å². The van der Waals surface area contributed by atoms with Crippen molar-refractivity contribution in [3.8, 4) is 0 Å². The Hall–Kier alpha value is -0.390. The number of nitrogens with zero attached hydrogens (tertiary/aromatic N) is 1. The average molecular weight is 357 g/mol. The molecular weight excluding hydrogens is 336 g/mol. The minimum absolute atomic E-state index is 0.214. The number of hydrogen-bond acceptors (Lipinski definition) is 3. The number of halogens is 1. The maximum absolute atomic E-state index is 12.6. The van der Waals surface area contributed by atoms with Crippen molar-refractivity contribution in [1.82, 2.24) is 10.2 Å². The molecule has 3 nitrogen and oxygen atoms in total. The van der Waals surface area contributed by atoms with Crippen LogP contribution in [0.5, 0.6) is 0 Å². The predicted molar refractivity (Wildman–Crippen MR) is 86.4 cm³/mol. The second-order valence-corrected chi connectivity index (χ2v) is 8.29. The van der Waals surface area contributed by atoms with Gasteiger partial charge in [-0.05, 0) is 72.6 Å². The van der Waals surface area contributed by atoms with E-state index in [2.05, 4.69) is 26.1 Å². The summed E-state index contributed by atoms with van der Waals surface area (Å²) in [6.07, 6.45) is 4.96. The maximum atomic E-state index is 12.6. The zero-order chi connectivity index (χ0) is 14.1. The van der Waals surface area contributed by atoms with E-state index in [1.54, 1.807) is 11.3 Å². The van der Waals surface area contributed by atoms with Crippen molar-refractivity contribution in [2.45, 2.75) is 38.6 Å². The van der Waals surface area contributed by atoms with Gasteiger partial charge in [0.15, 0.2) is 0 Å². The van der Waals surface area contributed by atoms with Crippen molar-refractivity contribution in [2.75, 3.05) is 19.6 Å². The van der Waals surface area contributed by atoms with Gasteiger partial charge in [0.1, 0.15) is 0 Å². The molecule has 2 aliphatic heterocycles. The summed E-state index contributed by atoms with van der Waals surface area (Å²) in [4.78, 5) is 15.6. The van der Waals surface area contributed by atoms with Gasteiger partial charge >= 0.3 is 0 Å². The quantitative estimate of drug-likeness (QED) is 0.880. The molecule has 0 radical (unpaired) electrons. The third kappa shape index (κ3) is 2.95. The summed E-state index contributed by atoms with van der Waals surface area (Å²) in [6.45, 7) is 5.02. The van der Waals surface area contributed by atoms with Gasteiger partial charge in [0.2, 0.25) is 0 Å². The molecule has 2 aliphatic rings. The Balaban J connectivity index is 1.68. The molecule has 0 bridgehead atoms. The van der Waals surface area contributed by atoms with Gasteiger partial charge in [-0.3, -0.25) is 4.79 Å². The van der Waals surface area contributed by atoms with Crippen molar-refractivity contribution in [3.63, 3.8) is 0 Å². The molecule has 2 saturated heterocycles. The lowest BCUT2D eigenvalue weighted by Crippen LogP contribution is -2.45. The molecule has 2 unspecified atom stereocenters. The SMILES string of the molecule is Cc1cc(C(=O)N2CCCC(C3CCCN3)C2)sc1Br. The summed E-state index contributed by atoms with van der Waals surface area (Å²) < 4.78 is 1.08. The topological polar surface area (TPSA) is 32.3 Å². The lowest BCUT2D eigenvalue weighted by molar-refractivity contribution is 0.0656. The Morgan fingerprint density at radius 3 is 2.95 bits per heavy atom. The van der Waals surface area contributed by atoms with Crippen LogP contribution >= 0.6 is 27.3 Å². The van der Waals surface area contributed by atoms with Crippen molar-refractivity contribution in [1.29, 1.82) is 0 Å². The molecule has 0 spiro atoms. The zero-order valence-electron chi connectivity index (χ0n) is 11.8. The first kappa shape index (κ1) is 14.5. The van der Waals surface area contributed by atoms with Crippen LogP contribution in [0.15, 0.2) is 9.85 Å². The molecule has 5 heteroatoms. The highest BCUT2D eigenvalue weighted by molar-refractivity contribution is 9.11. The third-order valence-electron chi connectivity index (χ3n) is 4.48. The lowest BCUT2D eigenvalue weighted by atomic mass is 9.89. The molecule has 2 fully saturated rings. The highest BCUT2D eigenvalue weighted by Gasteiger charge is 2.31. The normalized spacial score (nSPS) is 27.0. The first-order chi connectivity index (χ1) is 9.65. The lowest BCUT2D eigenvalue weighted by Gasteiger charge is -2.35. The van der Waals surface area contributed by atoms with E-state index < -0.39 is 0 Å². The van der Waals surface area contributed by atoms with Gasteiger partial charge in [-0.2, -0.15) is 0 Å². The van der Waals surface area contributed by atoms with Crippen LogP contribution in [-0.4, -0.2) is 36.5 Å². The second-order valence-electron chi connectivity index (χ2n) is 5.92. The first-order valence-electron chi connectivity index (χ1n) is 7.44. The second kappa shape index (κ2) is 6.16. The Bertz CT molecular complexity index is 477. The first-order valence-corrected chi connectivity index (χ1v) is 9.04. The van der Waals surface area contributed by atoms with Crippen molar-refractivity contribution >= 4 is 33.2 Å². The monoisotopic (exact) mass is 356 g/mol. The van der Waals surface area contributed by atoms with Crippen molar-refractivity contribution < 1.29 is 4.79 Å². The molecule has 20 heavy (non-hydrogen) atoms. The Morgan fingerprint density at radius 1 is 1.45 bits per heavy atom. The van der Waals surface area contributed by atoms with E-state index in [1.165, 1.54) is 19.3 Å². The number of amides is 1. The number of piperidine rings is 1. The van der Waals surface area contributed by atoms with Gasteiger partial charge in [0, 0.05) is 19.1 Å². The molecule has 0 aromatic carbocycles. The van der Waals surface area contributed by atoms with Gasteiger partial charge in [-0.25, -0.2) is 0 Å². The molecule has 1 N–H and O–H groups in total. The standard InChI is InChI=1S/C15H21BrN2OS/c1-10-8-13(20-14(10)16)15(19)18-7-3-4-11(9-18)12-5-2-6-17-12/h8,11-12,17H,2-7,9H2,1H3. The molecule has 1 aromatic heterocycles. The fourth-order valence-electron chi connectivity index (χ4n) is 3.36.